The van der Waals surface area contributed by atoms with Crippen molar-refractivity contribution in [1.82, 2.24) is 10.3 Å². The summed E-state index contributed by atoms with van der Waals surface area (Å²) in [6.07, 6.45) is 14.3. The van der Waals surface area contributed by atoms with Crippen molar-refractivity contribution < 1.29 is 9.21 Å². The third kappa shape index (κ3) is 8.73. The van der Waals surface area contributed by atoms with Gasteiger partial charge in [0.1, 0.15) is 6.26 Å². The quantitative estimate of drug-likeness (QED) is 0.486. The lowest BCUT2D eigenvalue weighted by molar-refractivity contribution is 0.0948. The number of nitrogens with zero attached hydrogens (tertiary/aromatic N) is 1. The van der Waals surface area contributed by atoms with Gasteiger partial charge in [-0.25, -0.2) is 4.98 Å². The summed E-state index contributed by atoms with van der Waals surface area (Å²) >= 11 is 1.73. The number of oxazole rings is 1. The van der Waals surface area contributed by atoms with Gasteiger partial charge in [0, 0.05) is 6.54 Å². The van der Waals surface area contributed by atoms with Crippen molar-refractivity contribution >= 4 is 17.7 Å². The Labute approximate surface area is 150 Å². The van der Waals surface area contributed by atoms with Crippen LogP contribution in [0.25, 0.3) is 0 Å². The highest BCUT2D eigenvalue weighted by molar-refractivity contribution is 7.98. The van der Waals surface area contributed by atoms with E-state index in [1.807, 2.05) is 6.26 Å². The summed E-state index contributed by atoms with van der Waals surface area (Å²) < 4.78 is 5.33. The van der Waals surface area contributed by atoms with Crippen LogP contribution in [0.5, 0.6) is 0 Å². The van der Waals surface area contributed by atoms with Crippen LogP contribution >= 0.6 is 11.8 Å². The normalized spacial score (nSPS) is 12.3. The maximum Gasteiger partial charge on any atom is 0.273 e. The number of amides is 1. The summed E-state index contributed by atoms with van der Waals surface area (Å²) in [6, 6.07) is -0.244. The van der Waals surface area contributed by atoms with Crippen molar-refractivity contribution in [2.24, 2.45) is 5.73 Å². The molecule has 0 bridgehead atoms. The lowest BCUT2D eigenvalue weighted by Crippen LogP contribution is -2.25. The van der Waals surface area contributed by atoms with E-state index in [0.29, 0.717) is 18.1 Å². The van der Waals surface area contributed by atoms with Gasteiger partial charge in [-0.1, -0.05) is 51.9 Å². The molecule has 5 nitrogen and oxygen atoms in total. The van der Waals surface area contributed by atoms with Gasteiger partial charge in [0.05, 0.1) is 6.04 Å². The molecule has 0 aliphatic heterocycles. The number of carbonyl (C=O) groups is 1. The molecule has 0 aromatic carbocycles. The predicted molar refractivity (Wildman–Crippen MR) is 101 cm³/mol. The van der Waals surface area contributed by atoms with Gasteiger partial charge in [-0.3, -0.25) is 4.79 Å². The van der Waals surface area contributed by atoms with E-state index in [1.165, 1.54) is 44.8 Å². The molecule has 0 aliphatic carbocycles. The molecule has 0 saturated heterocycles. The van der Waals surface area contributed by atoms with Crippen LogP contribution in [0.3, 0.4) is 0 Å². The van der Waals surface area contributed by atoms with E-state index in [4.69, 9.17) is 10.2 Å². The van der Waals surface area contributed by atoms with Gasteiger partial charge >= 0.3 is 0 Å². The Kier molecular flexibility index (Phi) is 11.7. The molecule has 1 atom stereocenters. The maximum atomic E-state index is 12.0. The van der Waals surface area contributed by atoms with Crippen LogP contribution in [0.1, 0.15) is 87.1 Å². The number of nitrogens with two attached hydrogens (primary N) is 1. The lowest BCUT2D eigenvalue weighted by Gasteiger charge is -2.05. The zero-order chi connectivity index (χ0) is 17.6. The number of hydrogen-bond donors (Lipinski definition) is 2. The summed E-state index contributed by atoms with van der Waals surface area (Å²) in [5, 5.41) is 2.90. The van der Waals surface area contributed by atoms with Crippen LogP contribution in [-0.2, 0) is 0 Å². The van der Waals surface area contributed by atoms with Gasteiger partial charge in [0.15, 0.2) is 5.69 Å². The van der Waals surface area contributed by atoms with Crippen molar-refractivity contribution in [3.63, 3.8) is 0 Å². The topological polar surface area (TPSA) is 81.2 Å². The minimum Gasteiger partial charge on any atom is -0.446 e. The molecule has 0 aliphatic rings. The molecule has 1 aromatic heterocycles. The molecule has 6 heteroatoms. The molecule has 0 fully saturated rings. The van der Waals surface area contributed by atoms with Crippen molar-refractivity contribution in [2.75, 3.05) is 18.6 Å². The third-order valence-electron chi connectivity index (χ3n) is 4.02. The first-order chi connectivity index (χ1) is 11.7. The fraction of sp³-hybridized carbons (Fsp3) is 0.778. The number of rotatable bonds is 14. The molecule has 1 amide bonds. The van der Waals surface area contributed by atoms with Crippen molar-refractivity contribution in [2.45, 2.75) is 70.8 Å². The molecule has 1 aromatic rings. The van der Waals surface area contributed by atoms with Crippen LogP contribution in [-0.4, -0.2) is 29.4 Å². The van der Waals surface area contributed by atoms with Crippen LogP contribution < -0.4 is 11.1 Å². The molecule has 1 heterocycles. The largest absolute Gasteiger partial charge is 0.446 e. The number of carbonyl (C=O) groups excluding carboxylic acids is 1. The summed E-state index contributed by atoms with van der Waals surface area (Å²) in [6.45, 7) is 2.92. The van der Waals surface area contributed by atoms with Crippen molar-refractivity contribution in [1.29, 1.82) is 0 Å². The van der Waals surface area contributed by atoms with E-state index in [2.05, 4.69) is 17.2 Å². The van der Waals surface area contributed by atoms with Crippen LogP contribution in [0.4, 0.5) is 0 Å². The van der Waals surface area contributed by atoms with E-state index < -0.39 is 0 Å². The van der Waals surface area contributed by atoms with Crippen molar-refractivity contribution in [3.8, 4) is 0 Å². The van der Waals surface area contributed by atoms with Crippen LogP contribution in [0, 0.1) is 0 Å². The predicted octanol–water partition coefficient (Wildman–Crippen LogP) is 4.30. The number of hydrogen-bond acceptors (Lipinski definition) is 5. The number of aromatic nitrogens is 1. The van der Waals surface area contributed by atoms with Gasteiger partial charge < -0.3 is 15.5 Å². The van der Waals surface area contributed by atoms with Gasteiger partial charge in [0.2, 0.25) is 5.89 Å². The molecular weight excluding hydrogens is 322 g/mol. The maximum absolute atomic E-state index is 12.0. The first-order valence-electron chi connectivity index (χ1n) is 9.17. The minimum absolute atomic E-state index is 0.176. The lowest BCUT2D eigenvalue weighted by atomic mass is 10.1. The number of thioether (sulfide) groups is 1. The molecule has 24 heavy (non-hydrogen) atoms. The summed E-state index contributed by atoms with van der Waals surface area (Å²) in [4.78, 5) is 16.2. The Bertz CT molecular complexity index is 451. The Balaban J connectivity index is 2.14. The Morgan fingerprint density at radius 2 is 1.92 bits per heavy atom. The SMILES string of the molecule is CCCCCCCCCCNC(=O)c1coc(C(N)CCSC)n1. The zero-order valence-electron chi connectivity index (χ0n) is 15.2. The molecular formula is C18H33N3O2S. The fourth-order valence-electron chi connectivity index (χ4n) is 2.48. The second-order valence-electron chi connectivity index (χ2n) is 6.19. The fourth-order valence-corrected chi connectivity index (χ4v) is 2.97. The van der Waals surface area contributed by atoms with E-state index >= 15 is 0 Å². The van der Waals surface area contributed by atoms with E-state index in [9.17, 15) is 4.79 Å². The summed E-state index contributed by atoms with van der Waals surface area (Å²) in [7, 11) is 0. The molecule has 138 valence electrons. The first kappa shape index (κ1) is 21.0. The van der Waals surface area contributed by atoms with E-state index in [-0.39, 0.29) is 11.9 Å². The van der Waals surface area contributed by atoms with Gasteiger partial charge in [-0.2, -0.15) is 11.8 Å². The van der Waals surface area contributed by atoms with Gasteiger partial charge in [-0.05, 0) is 24.9 Å². The summed E-state index contributed by atoms with van der Waals surface area (Å²) in [5.74, 6) is 1.22. The highest BCUT2D eigenvalue weighted by atomic mass is 32.2. The van der Waals surface area contributed by atoms with Crippen LogP contribution in [0.2, 0.25) is 0 Å². The highest BCUT2D eigenvalue weighted by Gasteiger charge is 2.16. The molecule has 0 spiro atoms. The molecule has 3 N–H and O–H groups in total. The Morgan fingerprint density at radius 1 is 1.25 bits per heavy atom. The molecule has 0 radical (unpaired) electrons. The highest BCUT2D eigenvalue weighted by Crippen LogP contribution is 2.15. The monoisotopic (exact) mass is 355 g/mol. The van der Waals surface area contributed by atoms with Crippen molar-refractivity contribution in [3.05, 3.63) is 17.8 Å². The molecule has 1 unspecified atom stereocenters. The Hall–Kier alpha value is -1.01. The minimum atomic E-state index is -0.244. The molecule has 1 rings (SSSR count). The Morgan fingerprint density at radius 3 is 2.58 bits per heavy atom. The second-order valence-corrected chi connectivity index (χ2v) is 7.18. The van der Waals surface area contributed by atoms with E-state index in [1.54, 1.807) is 11.8 Å². The number of nitrogens with one attached hydrogen (secondary N) is 1. The number of unbranched alkanes of at least 4 members (excludes halogenated alkanes) is 7. The van der Waals surface area contributed by atoms with E-state index in [0.717, 1.165) is 25.0 Å². The standard InChI is InChI=1S/C18H33N3O2S/c1-3-4-5-6-7-8-9-10-12-20-17(22)16-14-23-18(21-16)15(19)11-13-24-2/h14-15H,3-13,19H2,1-2H3,(H,20,22). The smallest absolute Gasteiger partial charge is 0.273 e. The zero-order valence-corrected chi connectivity index (χ0v) is 16.0. The average molecular weight is 356 g/mol. The van der Waals surface area contributed by atoms with Gasteiger partial charge in [-0.15, -0.1) is 0 Å². The summed E-state index contributed by atoms with van der Waals surface area (Å²) in [5.41, 5.74) is 6.32. The van der Waals surface area contributed by atoms with Gasteiger partial charge in [0.25, 0.3) is 5.91 Å². The third-order valence-corrected chi connectivity index (χ3v) is 4.66. The average Bonchev–Trinajstić information content (AvgIpc) is 3.08. The first-order valence-corrected chi connectivity index (χ1v) is 10.6. The second kappa shape index (κ2) is 13.3. The van der Waals surface area contributed by atoms with Crippen LogP contribution in [0.15, 0.2) is 10.7 Å². The molecule has 0 saturated carbocycles.